The van der Waals surface area contributed by atoms with Crippen molar-refractivity contribution < 1.29 is 4.79 Å². The minimum atomic E-state index is 0.132. The molecule has 0 atom stereocenters. The van der Waals surface area contributed by atoms with Crippen LogP contribution in [0.4, 0.5) is 0 Å². The first-order valence-electron chi connectivity index (χ1n) is 6.81. The number of rotatable bonds is 3. The first-order valence-corrected chi connectivity index (χ1v) is 6.81. The molecule has 0 heterocycles. The van der Waals surface area contributed by atoms with E-state index in [0.717, 1.165) is 28.3 Å². The second-order valence-corrected chi connectivity index (χ2v) is 5.04. The number of hydrogen-bond donors (Lipinski definition) is 0. The number of ketones is 1. The highest BCUT2D eigenvalue weighted by Gasteiger charge is 2.11. The molecule has 98 valence electrons. The minimum absolute atomic E-state index is 0.132. The Bertz CT molecular complexity index is 757. The van der Waals surface area contributed by atoms with Crippen molar-refractivity contribution in [2.45, 2.75) is 13.3 Å². The summed E-state index contributed by atoms with van der Waals surface area (Å²) in [7, 11) is 0. The van der Waals surface area contributed by atoms with Gasteiger partial charge in [-0.25, -0.2) is 0 Å². The summed E-state index contributed by atoms with van der Waals surface area (Å²) >= 11 is 0. The molecule has 20 heavy (non-hydrogen) atoms. The van der Waals surface area contributed by atoms with Crippen LogP contribution in [0.5, 0.6) is 0 Å². The van der Waals surface area contributed by atoms with E-state index in [1.165, 1.54) is 5.56 Å². The second-order valence-electron chi connectivity index (χ2n) is 5.04. The van der Waals surface area contributed by atoms with Gasteiger partial charge in [-0.15, -0.1) is 0 Å². The van der Waals surface area contributed by atoms with Crippen molar-refractivity contribution in [1.29, 1.82) is 0 Å². The van der Waals surface area contributed by atoms with Gasteiger partial charge in [0, 0.05) is 5.56 Å². The van der Waals surface area contributed by atoms with Crippen molar-refractivity contribution in [2.24, 2.45) is 0 Å². The second kappa shape index (κ2) is 5.30. The van der Waals surface area contributed by atoms with E-state index >= 15 is 0 Å². The van der Waals surface area contributed by atoms with E-state index in [1.54, 1.807) is 6.92 Å². The summed E-state index contributed by atoms with van der Waals surface area (Å²) in [5.41, 5.74) is 3.18. The Balaban J connectivity index is 2.15. The van der Waals surface area contributed by atoms with E-state index in [4.69, 9.17) is 0 Å². The quantitative estimate of drug-likeness (QED) is 0.627. The molecule has 0 bridgehead atoms. The van der Waals surface area contributed by atoms with Crippen LogP contribution in [-0.4, -0.2) is 5.78 Å². The van der Waals surface area contributed by atoms with Gasteiger partial charge >= 0.3 is 0 Å². The van der Waals surface area contributed by atoms with Crippen molar-refractivity contribution in [2.75, 3.05) is 0 Å². The molecule has 1 heteroatoms. The SMILES string of the molecule is CC(=O)c1c(Cc2ccccc2)ccc2ccccc12. The zero-order valence-corrected chi connectivity index (χ0v) is 11.5. The Morgan fingerprint density at radius 3 is 2.30 bits per heavy atom. The molecule has 0 radical (unpaired) electrons. The molecule has 0 amide bonds. The molecule has 0 saturated carbocycles. The van der Waals surface area contributed by atoms with Gasteiger partial charge in [-0.2, -0.15) is 0 Å². The summed E-state index contributed by atoms with van der Waals surface area (Å²) < 4.78 is 0. The zero-order valence-electron chi connectivity index (χ0n) is 11.5. The maximum absolute atomic E-state index is 12.1. The molecule has 1 nitrogen and oxygen atoms in total. The Morgan fingerprint density at radius 2 is 1.55 bits per heavy atom. The number of benzene rings is 3. The summed E-state index contributed by atoms with van der Waals surface area (Å²) in [5, 5.41) is 2.17. The molecule has 0 spiro atoms. The van der Waals surface area contributed by atoms with Crippen LogP contribution in [0.25, 0.3) is 10.8 Å². The summed E-state index contributed by atoms with van der Waals surface area (Å²) in [5.74, 6) is 0.132. The number of carbonyl (C=O) groups is 1. The lowest BCUT2D eigenvalue weighted by molar-refractivity contribution is 0.101. The average molecular weight is 260 g/mol. The van der Waals surface area contributed by atoms with Crippen molar-refractivity contribution in [3.8, 4) is 0 Å². The first-order chi connectivity index (χ1) is 9.75. The normalized spacial score (nSPS) is 10.7. The maximum Gasteiger partial charge on any atom is 0.160 e. The van der Waals surface area contributed by atoms with E-state index in [2.05, 4.69) is 24.3 Å². The summed E-state index contributed by atoms with van der Waals surface area (Å²) in [4.78, 5) is 12.1. The van der Waals surface area contributed by atoms with Crippen molar-refractivity contribution in [3.05, 3.63) is 83.4 Å². The molecule has 0 N–H and O–H groups in total. The Kier molecular flexibility index (Phi) is 3.34. The van der Waals surface area contributed by atoms with Gasteiger partial charge < -0.3 is 0 Å². The van der Waals surface area contributed by atoms with Crippen LogP contribution in [0.2, 0.25) is 0 Å². The molecule has 3 aromatic rings. The molecule has 0 aliphatic heterocycles. The fourth-order valence-corrected chi connectivity index (χ4v) is 2.70. The topological polar surface area (TPSA) is 17.1 Å². The Labute approximate surface area is 118 Å². The van der Waals surface area contributed by atoms with E-state index in [9.17, 15) is 4.79 Å². The molecule has 0 aliphatic rings. The molecule has 0 aliphatic carbocycles. The van der Waals surface area contributed by atoms with Gasteiger partial charge in [0.05, 0.1) is 0 Å². The van der Waals surface area contributed by atoms with E-state index < -0.39 is 0 Å². The zero-order chi connectivity index (χ0) is 13.9. The lowest BCUT2D eigenvalue weighted by atomic mass is 9.92. The van der Waals surface area contributed by atoms with E-state index in [0.29, 0.717) is 0 Å². The fraction of sp³-hybridized carbons (Fsp3) is 0.105. The van der Waals surface area contributed by atoms with E-state index in [-0.39, 0.29) is 5.78 Å². The largest absolute Gasteiger partial charge is 0.294 e. The molecule has 0 saturated heterocycles. The summed E-state index contributed by atoms with van der Waals surface area (Å²) in [6.45, 7) is 1.65. The lowest BCUT2D eigenvalue weighted by Crippen LogP contribution is -2.02. The highest BCUT2D eigenvalue weighted by atomic mass is 16.1. The molecule has 0 fully saturated rings. The maximum atomic E-state index is 12.1. The third kappa shape index (κ3) is 2.35. The van der Waals surface area contributed by atoms with Crippen LogP contribution in [0.3, 0.4) is 0 Å². The van der Waals surface area contributed by atoms with Gasteiger partial charge in [0.15, 0.2) is 5.78 Å². The number of carbonyl (C=O) groups excluding carboxylic acids is 1. The Morgan fingerprint density at radius 1 is 0.850 bits per heavy atom. The number of Topliss-reactive ketones (excluding diaryl/α,β-unsaturated/α-hetero) is 1. The molecule has 0 unspecified atom stereocenters. The standard InChI is InChI=1S/C19H16O/c1-14(20)19-17(13-15-7-3-2-4-8-15)12-11-16-9-5-6-10-18(16)19/h2-12H,13H2,1H3. The van der Waals surface area contributed by atoms with Gasteiger partial charge in [0.25, 0.3) is 0 Å². The summed E-state index contributed by atoms with van der Waals surface area (Å²) in [6.07, 6.45) is 0.792. The third-order valence-electron chi connectivity index (χ3n) is 3.60. The van der Waals surface area contributed by atoms with Gasteiger partial charge in [-0.3, -0.25) is 4.79 Å². The van der Waals surface area contributed by atoms with Gasteiger partial charge in [-0.1, -0.05) is 66.7 Å². The highest BCUT2D eigenvalue weighted by Crippen LogP contribution is 2.25. The van der Waals surface area contributed by atoms with Crippen molar-refractivity contribution >= 4 is 16.6 Å². The minimum Gasteiger partial charge on any atom is -0.294 e. The number of fused-ring (bicyclic) bond motifs is 1. The van der Waals surface area contributed by atoms with Crippen LogP contribution in [0.1, 0.15) is 28.4 Å². The van der Waals surface area contributed by atoms with Gasteiger partial charge in [0.2, 0.25) is 0 Å². The monoisotopic (exact) mass is 260 g/mol. The Hall–Kier alpha value is -2.41. The fourth-order valence-electron chi connectivity index (χ4n) is 2.70. The predicted octanol–water partition coefficient (Wildman–Crippen LogP) is 4.63. The smallest absolute Gasteiger partial charge is 0.160 e. The molecule has 0 aromatic heterocycles. The van der Waals surface area contributed by atoms with Crippen molar-refractivity contribution in [1.82, 2.24) is 0 Å². The van der Waals surface area contributed by atoms with Crippen molar-refractivity contribution in [3.63, 3.8) is 0 Å². The highest BCUT2D eigenvalue weighted by molar-refractivity contribution is 6.08. The van der Waals surface area contributed by atoms with Gasteiger partial charge in [0.1, 0.15) is 0 Å². The number of hydrogen-bond acceptors (Lipinski definition) is 1. The van der Waals surface area contributed by atoms with E-state index in [1.807, 2.05) is 42.5 Å². The van der Waals surface area contributed by atoms with Crippen LogP contribution in [0, 0.1) is 0 Å². The predicted molar refractivity (Wildman–Crippen MR) is 83.2 cm³/mol. The van der Waals surface area contributed by atoms with Gasteiger partial charge in [-0.05, 0) is 35.2 Å². The molecule has 3 rings (SSSR count). The molecule has 3 aromatic carbocycles. The average Bonchev–Trinajstić information content (AvgIpc) is 2.47. The van der Waals surface area contributed by atoms with Crippen LogP contribution >= 0.6 is 0 Å². The third-order valence-corrected chi connectivity index (χ3v) is 3.60. The molecular weight excluding hydrogens is 244 g/mol. The molecular formula is C19H16O. The van der Waals surface area contributed by atoms with Crippen LogP contribution < -0.4 is 0 Å². The summed E-state index contributed by atoms with van der Waals surface area (Å²) in [6, 6.07) is 22.5. The first kappa shape index (κ1) is 12.6. The van der Waals surface area contributed by atoms with Crippen LogP contribution in [-0.2, 0) is 6.42 Å². The van der Waals surface area contributed by atoms with Crippen LogP contribution in [0.15, 0.2) is 66.7 Å². The lowest BCUT2D eigenvalue weighted by Gasteiger charge is -2.11.